The first-order valence-corrected chi connectivity index (χ1v) is 23.7. The smallest absolute Gasteiger partial charge is 0.0412 e. The van der Waals surface area contributed by atoms with E-state index in [1.807, 2.05) is 0 Å². The maximum atomic E-state index is 7.11. The first-order chi connectivity index (χ1) is 30.1. The molecule has 0 unspecified atom stereocenters. The molecule has 0 aliphatic carbocycles. The van der Waals surface area contributed by atoms with Crippen LogP contribution in [0, 0.1) is 0 Å². The summed E-state index contributed by atoms with van der Waals surface area (Å²) >= 11 is 14.2. The Kier molecular flexibility index (Phi) is 8.76. The van der Waals surface area contributed by atoms with Gasteiger partial charge in [-0.05, 0) is 189 Å². The van der Waals surface area contributed by atoms with Crippen molar-refractivity contribution in [2.75, 3.05) is 0 Å². The van der Waals surface area contributed by atoms with Crippen LogP contribution in [-0.4, -0.2) is 0 Å². The number of hydrogen-bond acceptors (Lipinski definition) is 0. The van der Waals surface area contributed by atoms with Crippen LogP contribution in [-0.2, 0) is 21.7 Å². The highest BCUT2D eigenvalue weighted by molar-refractivity contribution is 6.56. The fourth-order valence-corrected chi connectivity index (χ4v) is 11.4. The van der Waals surface area contributed by atoms with Gasteiger partial charge in [-0.15, -0.1) is 0 Å². The van der Waals surface area contributed by atoms with Crippen LogP contribution in [0.4, 0.5) is 0 Å². The second-order valence-corrected chi connectivity index (χ2v) is 23.7. The van der Waals surface area contributed by atoms with Crippen LogP contribution in [0.25, 0.3) is 108 Å². The maximum Gasteiger partial charge on any atom is 0.0412 e. The lowest BCUT2D eigenvalue weighted by atomic mass is 9.80. The summed E-state index contributed by atoms with van der Waals surface area (Å²) in [5.74, 6) is 0. The molecule has 11 aromatic carbocycles. The Morgan fingerprint density at radius 1 is 0.250 bits per heavy atom. The van der Waals surface area contributed by atoms with Gasteiger partial charge in [0.05, 0.1) is 0 Å². The number of benzene rings is 9. The van der Waals surface area contributed by atoms with Gasteiger partial charge < -0.3 is 0 Å². The maximum absolute atomic E-state index is 7.11. The molecule has 0 aliphatic rings. The first-order valence-electron chi connectivity index (χ1n) is 23.0. The van der Waals surface area contributed by atoms with Crippen molar-refractivity contribution in [1.29, 1.82) is 0 Å². The van der Waals surface area contributed by atoms with E-state index in [1.54, 1.807) is 0 Å². The van der Waals surface area contributed by atoms with E-state index in [4.69, 9.17) is 23.2 Å². The van der Waals surface area contributed by atoms with E-state index in [0.29, 0.717) is 0 Å². The van der Waals surface area contributed by atoms with Gasteiger partial charge >= 0.3 is 0 Å². The van der Waals surface area contributed by atoms with Crippen molar-refractivity contribution in [1.82, 2.24) is 0 Å². The molecule has 0 bridgehead atoms. The average Bonchev–Trinajstić information content (AvgIpc) is 3.73. The predicted octanol–water partition coefficient (Wildman–Crippen LogP) is 19.6. The Hall–Kier alpha value is -5.40. The molecule has 0 aliphatic heterocycles. The lowest BCUT2D eigenvalue weighted by Crippen LogP contribution is -2.11. The van der Waals surface area contributed by atoms with Crippen LogP contribution in [0.5, 0.6) is 0 Å². The van der Waals surface area contributed by atoms with Crippen LogP contribution in [0.15, 0.2) is 121 Å². The average molecular weight is 872 g/mol. The summed E-state index contributed by atoms with van der Waals surface area (Å²) in [4.78, 5) is 0. The van der Waals surface area contributed by atoms with E-state index in [1.165, 1.54) is 131 Å². The number of hydrogen-bond donors (Lipinski definition) is 0. The second-order valence-electron chi connectivity index (χ2n) is 22.8. The molecule has 0 saturated carbocycles. The van der Waals surface area contributed by atoms with Crippen molar-refractivity contribution < 1.29 is 0 Å². The molecule has 2 heteroatoms. The van der Waals surface area contributed by atoms with Crippen molar-refractivity contribution >= 4 is 109 Å². The predicted molar refractivity (Wildman–Crippen MR) is 285 cm³/mol. The molecular weight excluding hydrogens is 816 g/mol. The normalized spacial score (nSPS) is 13.5. The van der Waals surface area contributed by atoms with Crippen LogP contribution in [0.1, 0.15) is 105 Å². The summed E-state index contributed by atoms with van der Waals surface area (Å²) in [6.45, 7) is 27.7. The van der Waals surface area contributed by atoms with Gasteiger partial charge in [0.2, 0.25) is 0 Å². The molecule has 0 fully saturated rings. The monoisotopic (exact) mass is 870 g/mol. The van der Waals surface area contributed by atoms with Crippen LogP contribution in [0.2, 0.25) is 10.0 Å². The largest absolute Gasteiger partial charge is 0.0843 e. The molecule has 0 nitrogen and oxygen atoms in total. The molecule has 0 aromatic heterocycles. The third-order valence-corrected chi connectivity index (χ3v) is 14.9. The summed E-state index contributed by atoms with van der Waals surface area (Å²) in [5, 5.41) is 21.8. The minimum atomic E-state index is -0.0534. The van der Waals surface area contributed by atoms with E-state index in [0.717, 1.165) is 10.0 Å². The van der Waals surface area contributed by atoms with Gasteiger partial charge in [0.25, 0.3) is 0 Å². The minimum absolute atomic E-state index is 0.0337. The van der Waals surface area contributed by atoms with E-state index in [-0.39, 0.29) is 21.7 Å². The van der Waals surface area contributed by atoms with Crippen molar-refractivity contribution in [3.63, 3.8) is 0 Å². The fraction of sp³-hybridized carbons (Fsp3) is 0.258. The Balaban J connectivity index is 1.48. The van der Waals surface area contributed by atoms with Crippen molar-refractivity contribution in [2.24, 2.45) is 0 Å². The summed E-state index contributed by atoms with van der Waals surface area (Å²) < 4.78 is 0. The molecule has 0 atom stereocenters. The van der Waals surface area contributed by atoms with Gasteiger partial charge in [0, 0.05) is 10.0 Å². The van der Waals surface area contributed by atoms with Crippen LogP contribution in [0.3, 0.4) is 0 Å². The van der Waals surface area contributed by atoms with Gasteiger partial charge in [-0.25, -0.2) is 0 Å². The van der Waals surface area contributed by atoms with Gasteiger partial charge in [-0.2, -0.15) is 0 Å². The van der Waals surface area contributed by atoms with Gasteiger partial charge in [-0.1, -0.05) is 191 Å². The standard InChI is InChI=1S/C62H56Cl2/c1-59(2,3)35-17-13-33(14-18-35)49-45-29-37(61(7,8)9)21-25-41(45)51-54-44-28-24-40(64)32-48(44)56-50(34-15-19-36(20-16-34)60(4,5)6)46-30-38(62(10,11)12)22-26-42(46)52(58(54)56)53-43-27-23-39(63)31-47(43)55(49)57(51)53/h13-32H,1-12H3. The van der Waals surface area contributed by atoms with Crippen LogP contribution >= 0.6 is 23.2 Å². The Labute approximate surface area is 387 Å². The molecule has 318 valence electrons. The van der Waals surface area contributed by atoms with E-state index < -0.39 is 0 Å². The van der Waals surface area contributed by atoms with E-state index in [2.05, 4.69) is 204 Å². The zero-order valence-electron chi connectivity index (χ0n) is 39.3. The molecule has 0 N–H and O–H groups in total. The highest BCUT2D eigenvalue weighted by atomic mass is 35.5. The van der Waals surface area contributed by atoms with Crippen molar-refractivity contribution in [3.8, 4) is 22.3 Å². The highest BCUT2D eigenvalue weighted by Gasteiger charge is 2.31. The van der Waals surface area contributed by atoms with E-state index >= 15 is 0 Å². The first kappa shape index (κ1) is 41.3. The summed E-state index contributed by atoms with van der Waals surface area (Å²) in [6, 6.07) is 46.6. The lowest BCUT2D eigenvalue weighted by Gasteiger charge is -2.24. The molecule has 0 spiro atoms. The zero-order valence-corrected chi connectivity index (χ0v) is 40.8. The van der Waals surface area contributed by atoms with Gasteiger partial charge in [-0.3, -0.25) is 0 Å². The number of rotatable bonds is 2. The summed E-state index contributed by atoms with van der Waals surface area (Å²) in [5.41, 5.74) is 10.2. The SMILES string of the molecule is CC(C)(C)c1ccc(-c2c3cc(C(C)(C)C)ccc3c3c4c5ccc(Cl)cc5c5c(-c6ccc(C(C)(C)C)cc6)c6cc(C(C)(C)C)ccc6c(c6c7ccc(Cl)cc7c2c36)c54)cc1. The molecule has 11 rings (SSSR count). The molecule has 64 heavy (non-hydrogen) atoms. The second kappa shape index (κ2) is 13.6. The number of fused-ring (bicyclic) bond motifs is 12. The highest BCUT2D eigenvalue weighted by Crippen LogP contribution is 2.59. The number of halogens is 2. The topological polar surface area (TPSA) is 0 Å². The quantitative estimate of drug-likeness (QED) is 0.120. The molecule has 0 heterocycles. The summed E-state index contributed by atoms with van der Waals surface area (Å²) in [7, 11) is 0. The van der Waals surface area contributed by atoms with E-state index in [9.17, 15) is 0 Å². The minimum Gasteiger partial charge on any atom is -0.0843 e. The van der Waals surface area contributed by atoms with Crippen LogP contribution < -0.4 is 0 Å². The fourth-order valence-electron chi connectivity index (χ4n) is 11.0. The third-order valence-electron chi connectivity index (χ3n) is 14.5. The Morgan fingerprint density at radius 2 is 0.531 bits per heavy atom. The molecule has 0 radical (unpaired) electrons. The molecule has 11 aromatic rings. The zero-order chi connectivity index (χ0) is 45.2. The van der Waals surface area contributed by atoms with Crippen molar-refractivity contribution in [3.05, 3.63) is 154 Å². The Morgan fingerprint density at radius 3 is 0.844 bits per heavy atom. The third kappa shape index (κ3) is 6.01. The lowest BCUT2D eigenvalue weighted by molar-refractivity contribution is 0.590. The Bertz CT molecular complexity index is 3470. The summed E-state index contributed by atoms with van der Waals surface area (Å²) in [6.07, 6.45) is 0. The molecule has 0 saturated heterocycles. The molecular formula is C62H56Cl2. The van der Waals surface area contributed by atoms with Crippen molar-refractivity contribution in [2.45, 2.75) is 105 Å². The molecule has 0 amide bonds. The van der Waals surface area contributed by atoms with Gasteiger partial charge in [0.15, 0.2) is 0 Å². The van der Waals surface area contributed by atoms with Gasteiger partial charge in [0.1, 0.15) is 0 Å².